The Morgan fingerprint density at radius 2 is 2.11 bits per heavy atom. The van der Waals surface area contributed by atoms with Crippen molar-refractivity contribution in [3.63, 3.8) is 0 Å². The van der Waals surface area contributed by atoms with Gasteiger partial charge in [0.25, 0.3) is 5.91 Å². The van der Waals surface area contributed by atoms with Crippen LogP contribution in [-0.4, -0.2) is 42.2 Å². The normalized spacial score (nSPS) is 10.2. The van der Waals surface area contributed by atoms with E-state index in [4.69, 9.17) is 15.6 Å². The second-order valence-electron chi connectivity index (χ2n) is 4.28. The van der Waals surface area contributed by atoms with Crippen molar-refractivity contribution in [3.8, 4) is 5.75 Å². The number of aliphatic hydroxyl groups excluding tert-OH is 1. The molecule has 0 fully saturated rings. The van der Waals surface area contributed by atoms with E-state index in [1.165, 1.54) is 0 Å². The van der Waals surface area contributed by atoms with Gasteiger partial charge in [-0.1, -0.05) is 25.5 Å². The highest BCUT2D eigenvalue weighted by atomic mass is 16.5. The SMILES string of the molecule is CCCCN(CCO)C(=O)COc1ccccc1N. The van der Waals surface area contributed by atoms with Gasteiger partial charge in [-0.2, -0.15) is 0 Å². The summed E-state index contributed by atoms with van der Waals surface area (Å²) in [5.74, 6) is 0.376. The summed E-state index contributed by atoms with van der Waals surface area (Å²) in [5.41, 5.74) is 6.24. The molecule has 0 atom stereocenters. The molecule has 19 heavy (non-hydrogen) atoms. The molecule has 0 unspecified atom stereocenters. The molecule has 0 aromatic heterocycles. The van der Waals surface area contributed by atoms with Crippen molar-refractivity contribution in [2.45, 2.75) is 19.8 Å². The van der Waals surface area contributed by atoms with E-state index >= 15 is 0 Å². The maximum atomic E-state index is 12.0. The van der Waals surface area contributed by atoms with Crippen LogP contribution in [0, 0.1) is 0 Å². The van der Waals surface area contributed by atoms with Crippen molar-refractivity contribution >= 4 is 11.6 Å². The first-order chi connectivity index (χ1) is 9.19. The van der Waals surface area contributed by atoms with Crippen molar-refractivity contribution in [2.75, 3.05) is 32.0 Å². The summed E-state index contributed by atoms with van der Waals surface area (Å²) in [6.45, 7) is 2.94. The number of benzene rings is 1. The van der Waals surface area contributed by atoms with E-state index < -0.39 is 0 Å². The summed E-state index contributed by atoms with van der Waals surface area (Å²) >= 11 is 0. The van der Waals surface area contributed by atoms with Gasteiger partial charge in [0.2, 0.25) is 0 Å². The zero-order valence-electron chi connectivity index (χ0n) is 11.3. The predicted molar refractivity (Wildman–Crippen MR) is 74.9 cm³/mol. The van der Waals surface area contributed by atoms with Gasteiger partial charge in [-0.25, -0.2) is 0 Å². The minimum absolute atomic E-state index is 0.0388. The number of nitrogens with zero attached hydrogens (tertiary/aromatic N) is 1. The highest BCUT2D eigenvalue weighted by molar-refractivity contribution is 5.78. The maximum Gasteiger partial charge on any atom is 0.260 e. The van der Waals surface area contributed by atoms with Crippen LogP contribution in [0.2, 0.25) is 0 Å². The Labute approximate surface area is 114 Å². The first-order valence-electron chi connectivity index (χ1n) is 6.55. The zero-order valence-corrected chi connectivity index (χ0v) is 11.3. The van der Waals surface area contributed by atoms with Crippen molar-refractivity contribution < 1.29 is 14.6 Å². The Kier molecular flexibility index (Phi) is 6.74. The van der Waals surface area contributed by atoms with Gasteiger partial charge in [0, 0.05) is 13.1 Å². The fraction of sp³-hybridized carbons (Fsp3) is 0.500. The standard InChI is InChI=1S/C14H22N2O3/c1-2-3-8-16(9-10-17)14(18)11-19-13-7-5-4-6-12(13)15/h4-7,17H,2-3,8-11,15H2,1H3. The average molecular weight is 266 g/mol. The van der Waals surface area contributed by atoms with Gasteiger partial charge in [0.05, 0.1) is 12.3 Å². The molecule has 0 spiro atoms. The van der Waals surface area contributed by atoms with E-state index in [0.717, 1.165) is 12.8 Å². The highest BCUT2D eigenvalue weighted by Gasteiger charge is 2.13. The number of hydrogen-bond donors (Lipinski definition) is 2. The van der Waals surface area contributed by atoms with E-state index in [0.29, 0.717) is 24.5 Å². The highest BCUT2D eigenvalue weighted by Crippen LogP contribution is 2.19. The van der Waals surface area contributed by atoms with Crippen LogP contribution in [0.5, 0.6) is 5.75 Å². The number of carbonyl (C=O) groups is 1. The topological polar surface area (TPSA) is 75.8 Å². The van der Waals surface area contributed by atoms with E-state index in [1.807, 2.05) is 6.07 Å². The van der Waals surface area contributed by atoms with Gasteiger partial charge in [0.15, 0.2) is 6.61 Å². The second kappa shape index (κ2) is 8.37. The van der Waals surface area contributed by atoms with Crippen LogP contribution in [0.25, 0.3) is 0 Å². The molecule has 1 aromatic carbocycles. The van der Waals surface area contributed by atoms with Crippen molar-refractivity contribution in [1.29, 1.82) is 0 Å². The summed E-state index contributed by atoms with van der Waals surface area (Å²) in [4.78, 5) is 13.6. The third-order valence-electron chi connectivity index (χ3n) is 2.77. The molecule has 0 saturated carbocycles. The molecule has 1 rings (SSSR count). The molecule has 1 aromatic rings. The van der Waals surface area contributed by atoms with Crippen LogP contribution in [0.4, 0.5) is 5.69 Å². The Morgan fingerprint density at radius 3 is 2.74 bits per heavy atom. The van der Waals surface area contributed by atoms with Crippen LogP contribution in [0.3, 0.4) is 0 Å². The molecule has 0 aliphatic rings. The van der Waals surface area contributed by atoms with Crippen LogP contribution in [-0.2, 0) is 4.79 Å². The lowest BCUT2D eigenvalue weighted by Crippen LogP contribution is -2.37. The number of aliphatic hydroxyl groups is 1. The Morgan fingerprint density at radius 1 is 1.37 bits per heavy atom. The Bertz CT molecular complexity index is 396. The van der Waals surface area contributed by atoms with Crippen LogP contribution in [0.1, 0.15) is 19.8 Å². The molecule has 0 radical (unpaired) electrons. The molecule has 106 valence electrons. The first kappa shape index (κ1) is 15.3. The largest absolute Gasteiger partial charge is 0.482 e. The molecule has 3 N–H and O–H groups in total. The number of anilines is 1. The number of para-hydroxylation sites is 2. The summed E-state index contributed by atoms with van der Waals surface area (Å²) in [5, 5.41) is 8.96. The molecular weight excluding hydrogens is 244 g/mol. The fourth-order valence-electron chi connectivity index (χ4n) is 1.67. The minimum Gasteiger partial charge on any atom is -0.482 e. The number of amides is 1. The summed E-state index contributed by atoms with van der Waals surface area (Å²) in [6, 6.07) is 7.06. The number of ether oxygens (including phenoxy) is 1. The van der Waals surface area contributed by atoms with Crippen molar-refractivity contribution in [2.24, 2.45) is 0 Å². The molecule has 0 saturated heterocycles. The quantitative estimate of drug-likeness (QED) is 0.695. The number of rotatable bonds is 8. The summed E-state index contributed by atoms with van der Waals surface area (Å²) < 4.78 is 5.41. The van der Waals surface area contributed by atoms with E-state index in [1.54, 1.807) is 23.1 Å². The lowest BCUT2D eigenvalue weighted by atomic mass is 10.3. The Balaban J connectivity index is 2.50. The predicted octanol–water partition coefficient (Wildman–Crippen LogP) is 1.27. The van der Waals surface area contributed by atoms with E-state index in [2.05, 4.69) is 6.92 Å². The van der Waals surface area contributed by atoms with Crippen LogP contribution >= 0.6 is 0 Å². The van der Waals surface area contributed by atoms with Gasteiger partial charge >= 0.3 is 0 Å². The molecule has 0 aliphatic carbocycles. The molecule has 0 bridgehead atoms. The maximum absolute atomic E-state index is 12.0. The van der Waals surface area contributed by atoms with Gasteiger partial charge in [-0.05, 0) is 18.6 Å². The summed E-state index contributed by atoms with van der Waals surface area (Å²) in [6.07, 6.45) is 1.92. The second-order valence-corrected chi connectivity index (χ2v) is 4.28. The van der Waals surface area contributed by atoms with Crippen molar-refractivity contribution in [1.82, 2.24) is 4.90 Å². The number of unbranched alkanes of at least 4 members (excludes halogenated alkanes) is 1. The third kappa shape index (κ3) is 5.18. The van der Waals surface area contributed by atoms with Gasteiger partial charge < -0.3 is 20.5 Å². The van der Waals surface area contributed by atoms with Crippen molar-refractivity contribution in [3.05, 3.63) is 24.3 Å². The summed E-state index contributed by atoms with van der Waals surface area (Å²) in [7, 11) is 0. The fourth-order valence-corrected chi connectivity index (χ4v) is 1.67. The lowest BCUT2D eigenvalue weighted by molar-refractivity contribution is -0.133. The molecule has 0 aliphatic heterocycles. The van der Waals surface area contributed by atoms with Crippen LogP contribution < -0.4 is 10.5 Å². The minimum atomic E-state index is -0.134. The lowest BCUT2D eigenvalue weighted by Gasteiger charge is -2.21. The zero-order chi connectivity index (χ0) is 14.1. The van der Waals surface area contributed by atoms with E-state index in [-0.39, 0.29) is 19.1 Å². The molecule has 0 heterocycles. The van der Waals surface area contributed by atoms with Gasteiger partial charge in [-0.3, -0.25) is 4.79 Å². The monoisotopic (exact) mass is 266 g/mol. The first-order valence-corrected chi connectivity index (χ1v) is 6.55. The molecule has 5 heteroatoms. The number of carbonyl (C=O) groups excluding carboxylic acids is 1. The molecule has 1 amide bonds. The van der Waals surface area contributed by atoms with Crippen LogP contribution in [0.15, 0.2) is 24.3 Å². The molecule has 5 nitrogen and oxygen atoms in total. The van der Waals surface area contributed by atoms with E-state index in [9.17, 15) is 4.79 Å². The number of hydrogen-bond acceptors (Lipinski definition) is 4. The average Bonchev–Trinajstić information content (AvgIpc) is 2.42. The number of nitrogen functional groups attached to an aromatic ring is 1. The third-order valence-corrected chi connectivity index (χ3v) is 2.77. The number of nitrogens with two attached hydrogens (primary N) is 1. The van der Waals surface area contributed by atoms with Gasteiger partial charge in [-0.15, -0.1) is 0 Å². The smallest absolute Gasteiger partial charge is 0.260 e. The Hall–Kier alpha value is -1.75. The van der Waals surface area contributed by atoms with Gasteiger partial charge in [0.1, 0.15) is 5.75 Å². The molecular formula is C14H22N2O3.